The summed E-state index contributed by atoms with van der Waals surface area (Å²) in [6.07, 6.45) is 0. The number of methoxy groups -OCH3 is 3. The maximum atomic E-state index is 12.9. The van der Waals surface area contributed by atoms with Gasteiger partial charge in [-0.25, -0.2) is 4.79 Å². The molecule has 2 N–H and O–H groups in total. The molecule has 2 heterocycles. The van der Waals surface area contributed by atoms with E-state index in [9.17, 15) is 9.90 Å². The maximum absolute atomic E-state index is 12.9. The first-order valence-electron chi connectivity index (χ1n) is 10.6. The van der Waals surface area contributed by atoms with Gasteiger partial charge in [-0.3, -0.25) is 4.90 Å². The standard InChI is InChI=1S/C24H26N4O6/c1-14-20(23-26-22(27-34-23)15-5-8-17(32-3)9-6-15)21(25-24(30)28(14)11-12-31-2)16-7-10-19(33-4)18(29)13-16/h5-10,13,21,29H,11-12H2,1-4H3,(H,25,30). The van der Waals surface area contributed by atoms with E-state index in [0.717, 1.165) is 5.56 Å². The highest BCUT2D eigenvalue weighted by Crippen LogP contribution is 2.39. The molecule has 0 radical (unpaired) electrons. The first kappa shape index (κ1) is 23.1. The number of benzene rings is 2. The third-order valence-corrected chi connectivity index (χ3v) is 5.66. The minimum absolute atomic E-state index is 0.0440. The van der Waals surface area contributed by atoms with Crippen molar-refractivity contribution in [1.82, 2.24) is 20.4 Å². The SMILES string of the molecule is COCCN1C(=O)NC(c2ccc(OC)c(O)c2)C(c2nc(-c3ccc(OC)cc3)no2)=C1C. The van der Waals surface area contributed by atoms with Gasteiger partial charge in [0.25, 0.3) is 5.89 Å². The number of nitrogens with one attached hydrogen (secondary N) is 1. The Morgan fingerprint density at radius 2 is 1.88 bits per heavy atom. The van der Waals surface area contributed by atoms with Crippen LogP contribution >= 0.6 is 0 Å². The lowest BCUT2D eigenvalue weighted by atomic mass is 9.94. The number of phenolic OH excluding ortho intramolecular Hbond substituents is 1. The van der Waals surface area contributed by atoms with Gasteiger partial charge in [0, 0.05) is 18.4 Å². The summed E-state index contributed by atoms with van der Waals surface area (Å²) in [5.41, 5.74) is 2.65. The summed E-state index contributed by atoms with van der Waals surface area (Å²) in [7, 11) is 4.64. The molecule has 4 rings (SSSR count). The van der Waals surface area contributed by atoms with Gasteiger partial charge in [-0.1, -0.05) is 11.2 Å². The number of carbonyl (C=O) groups is 1. The van der Waals surface area contributed by atoms with E-state index in [1.165, 1.54) is 7.11 Å². The Bertz CT molecular complexity index is 1200. The number of amides is 2. The molecule has 10 nitrogen and oxygen atoms in total. The van der Waals surface area contributed by atoms with Gasteiger partial charge in [0.2, 0.25) is 5.82 Å². The van der Waals surface area contributed by atoms with E-state index in [-0.39, 0.29) is 17.7 Å². The Labute approximate surface area is 196 Å². The van der Waals surface area contributed by atoms with Gasteiger partial charge >= 0.3 is 6.03 Å². The van der Waals surface area contributed by atoms with E-state index < -0.39 is 6.04 Å². The van der Waals surface area contributed by atoms with Gasteiger partial charge in [0.1, 0.15) is 5.75 Å². The van der Waals surface area contributed by atoms with Crippen molar-refractivity contribution in [2.75, 3.05) is 34.5 Å². The van der Waals surface area contributed by atoms with Crippen LogP contribution in [0.5, 0.6) is 17.2 Å². The van der Waals surface area contributed by atoms with Crippen LogP contribution in [0.4, 0.5) is 4.79 Å². The molecule has 178 valence electrons. The summed E-state index contributed by atoms with van der Waals surface area (Å²) in [4.78, 5) is 19.1. The van der Waals surface area contributed by atoms with Gasteiger partial charge in [-0.15, -0.1) is 0 Å². The van der Waals surface area contributed by atoms with Crippen molar-refractivity contribution in [3.05, 3.63) is 59.6 Å². The van der Waals surface area contributed by atoms with Gasteiger partial charge in [0.05, 0.1) is 39.0 Å². The van der Waals surface area contributed by atoms with Gasteiger partial charge in [-0.2, -0.15) is 4.98 Å². The summed E-state index contributed by atoms with van der Waals surface area (Å²) in [6, 6.07) is 11.3. The molecule has 1 aliphatic heterocycles. The van der Waals surface area contributed by atoms with Crippen molar-refractivity contribution in [3.63, 3.8) is 0 Å². The van der Waals surface area contributed by atoms with E-state index >= 15 is 0 Å². The van der Waals surface area contributed by atoms with Crippen LogP contribution in [0.25, 0.3) is 17.0 Å². The number of urea groups is 1. The average Bonchev–Trinajstić information content (AvgIpc) is 3.33. The summed E-state index contributed by atoms with van der Waals surface area (Å²) in [6.45, 7) is 2.52. The summed E-state index contributed by atoms with van der Waals surface area (Å²) in [5.74, 6) is 1.65. The number of nitrogens with zero attached hydrogens (tertiary/aromatic N) is 3. The Kier molecular flexibility index (Phi) is 6.69. The van der Waals surface area contributed by atoms with Gasteiger partial charge in [-0.05, 0) is 48.9 Å². The van der Waals surface area contributed by atoms with Gasteiger partial charge in [0.15, 0.2) is 11.5 Å². The normalized spacial score (nSPS) is 15.9. The molecular formula is C24H26N4O6. The molecule has 1 unspecified atom stereocenters. The number of aromatic hydroxyl groups is 1. The molecule has 0 bridgehead atoms. The monoisotopic (exact) mass is 466 g/mol. The molecular weight excluding hydrogens is 440 g/mol. The zero-order chi connectivity index (χ0) is 24.2. The number of phenols is 1. The van der Waals surface area contributed by atoms with Crippen LogP contribution in [-0.2, 0) is 4.74 Å². The molecule has 0 saturated carbocycles. The average molecular weight is 466 g/mol. The van der Waals surface area contributed by atoms with Gasteiger partial charge < -0.3 is 29.2 Å². The molecule has 0 aliphatic carbocycles. The summed E-state index contributed by atoms with van der Waals surface area (Å²) >= 11 is 0. The molecule has 3 aromatic rings. The zero-order valence-corrected chi connectivity index (χ0v) is 19.4. The number of hydrogen-bond donors (Lipinski definition) is 2. The molecule has 1 aliphatic rings. The number of ether oxygens (including phenoxy) is 3. The number of aromatic nitrogens is 2. The van der Waals surface area contributed by atoms with Crippen molar-refractivity contribution in [1.29, 1.82) is 0 Å². The molecule has 0 fully saturated rings. The third-order valence-electron chi connectivity index (χ3n) is 5.66. The third kappa shape index (κ3) is 4.40. The molecule has 0 saturated heterocycles. The van der Waals surface area contributed by atoms with E-state index in [2.05, 4.69) is 15.5 Å². The number of rotatable bonds is 8. The smallest absolute Gasteiger partial charge is 0.322 e. The lowest BCUT2D eigenvalue weighted by molar-refractivity contribution is 0.158. The Morgan fingerprint density at radius 3 is 2.53 bits per heavy atom. The number of carbonyl (C=O) groups excluding carboxylic acids is 1. The van der Waals surface area contributed by atoms with Crippen molar-refractivity contribution >= 4 is 11.6 Å². The Balaban J connectivity index is 1.78. The second kappa shape index (κ2) is 9.84. The van der Waals surface area contributed by atoms with Crippen molar-refractivity contribution in [2.24, 2.45) is 0 Å². The summed E-state index contributed by atoms with van der Waals surface area (Å²) < 4.78 is 21.2. The quantitative estimate of drug-likeness (QED) is 0.517. The molecule has 1 aromatic heterocycles. The zero-order valence-electron chi connectivity index (χ0n) is 19.4. The predicted molar refractivity (Wildman–Crippen MR) is 123 cm³/mol. The molecule has 2 amide bonds. The summed E-state index contributed by atoms with van der Waals surface area (Å²) in [5, 5.41) is 17.5. The Morgan fingerprint density at radius 1 is 1.12 bits per heavy atom. The van der Waals surface area contributed by atoms with Crippen LogP contribution in [0.2, 0.25) is 0 Å². The van der Waals surface area contributed by atoms with Crippen LogP contribution in [0, 0.1) is 0 Å². The van der Waals surface area contributed by atoms with Crippen molar-refractivity contribution < 1.29 is 28.6 Å². The molecule has 34 heavy (non-hydrogen) atoms. The van der Waals surface area contributed by atoms with Crippen molar-refractivity contribution in [2.45, 2.75) is 13.0 Å². The maximum Gasteiger partial charge on any atom is 0.322 e. The minimum Gasteiger partial charge on any atom is -0.504 e. The molecule has 1 atom stereocenters. The Hall–Kier alpha value is -4.05. The highest BCUT2D eigenvalue weighted by Gasteiger charge is 2.36. The molecule has 0 spiro atoms. The predicted octanol–water partition coefficient (Wildman–Crippen LogP) is 3.60. The second-order valence-corrected chi connectivity index (χ2v) is 7.61. The highest BCUT2D eigenvalue weighted by molar-refractivity contribution is 5.87. The number of allylic oxidation sites excluding steroid dienone is 1. The van der Waals surface area contributed by atoms with Crippen molar-refractivity contribution in [3.8, 4) is 28.6 Å². The van der Waals surface area contributed by atoms with Crippen LogP contribution in [0.1, 0.15) is 24.4 Å². The fourth-order valence-corrected chi connectivity index (χ4v) is 3.84. The molecule has 10 heteroatoms. The van der Waals surface area contributed by atoms with Crippen LogP contribution in [0.15, 0.2) is 52.7 Å². The van der Waals surface area contributed by atoms with Crippen LogP contribution < -0.4 is 14.8 Å². The second-order valence-electron chi connectivity index (χ2n) is 7.61. The highest BCUT2D eigenvalue weighted by atomic mass is 16.5. The first-order chi connectivity index (χ1) is 16.5. The van der Waals surface area contributed by atoms with E-state index in [4.69, 9.17) is 18.7 Å². The van der Waals surface area contributed by atoms with Crippen LogP contribution in [0.3, 0.4) is 0 Å². The fourth-order valence-electron chi connectivity index (χ4n) is 3.84. The first-order valence-corrected chi connectivity index (χ1v) is 10.6. The number of hydrogen-bond acceptors (Lipinski definition) is 8. The lowest BCUT2D eigenvalue weighted by Crippen LogP contribution is -2.47. The minimum atomic E-state index is -0.632. The van der Waals surface area contributed by atoms with Crippen LogP contribution in [-0.4, -0.2) is 60.7 Å². The molecule has 2 aromatic carbocycles. The van der Waals surface area contributed by atoms with E-state index in [0.29, 0.717) is 47.3 Å². The topological polar surface area (TPSA) is 119 Å². The lowest BCUT2D eigenvalue weighted by Gasteiger charge is -2.35. The van der Waals surface area contributed by atoms with E-state index in [1.807, 2.05) is 31.2 Å². The largest absolute Gasteiger partial charge is 0.504 e. The fraction of sp³-hybridized carbons (Fsp3) is 0.292. The van der Waals surface area contributed by atoms with E-state index in [1.54, 1.807) is 37.3 Å².